The van der Waals surface area contributed by atoms with Crippen LogP contribution in [0.1, 0.15) is 36.4 Å². The van der Waals surface area contributed by atoms with Crippen LogP contribution in [-0.4, -0.2) is 73.7 Å². The number of ether oxygens (including phenoxy) is 3. The van der Waals surface area contributed by atoms with Crippen molar-refractivity contribution in [3.05, 3.63) is 35.4 Å². The Morgan fingerprint density at radius 2 is 1.73 bits per heavy atom. The van der Waals surface area contributed by atoms with Crippen molar-refractivity contribution < 1.29 is 14.2 Å². The number of aryl methyl sites for hydroxylation is 1. The predicted octanol–water partition coefficient (Wildman–Crippen LogP) is 1.97. The number of nitrogens with two attached hydrogens (primary N) is 1. The van der Waals surface area contributed by atoms with Crippen molar-refractivity contribution in [2.45, 2.75) is 37.8 Å². The van der Waals surface area contributed by atoms with Crippen LogP contribution in [0.3, 0.4) is 0 Å². The van der Waals surface area contributed by atoms with Gasteiger partial charge in [-0.25, -0.2) is 0 Å². The molecule has 5 N–H and O–H groups in total. The largest absolute Gasteiger partial charge is 0.378 e. The van der Waals surface area contributed by atoms with Crippen LogP contribution >= 0.6 is 0 Å². The van der Waals surface area contributed by atoms with Gasteiger partial charge in [-0.1, -0.05) is 24.3 Å². The van der Waals surface area contributed by atoms with Crippen LogP contribution in [0.2, 0.25) is 0 Å². The van der Waals surface area contributed by atoms with Crippen molar-refractivity contribution in [3.63, 3.8) is 0 Å². The first kappa shape index (κ1) is 23.6. The van der Waals surface area contributed by atoms with Gasteiger partial charge in [0, 0.05) is 26.2 Å². The molecule has 0 spiro atoms. The highest BCUT2D eigenvalue weighted by atomic mass is 16.5. The Labute approximate surface area is 195 Å². The summed E-state index contributed by atoms with van der Waals surface area (Å²) in [5.41, 5.74) is 8.09. The van der Waals surface area contributed by atoms with Crippen LogP contribution in [0.5, 0.6) is 0 Å². The first-order chi connectivity index (χ1) is 16.3. The molecule has 0 radical (unpaired) electrons. The molecule has 1 aliphatic heterocycles. The molecule has 0 saturated carbocycles. The molecule has 10 nitrogen and oxygen atoms in total. The lowest BCUT2D eigenvalue weighted by Crippen LogP contribution is -2.21. The van der Waals surface area contributed by atoms with E-state index in [1.165, 1.54) is 11.1 Å². The lowest BCUT2D eigenvalue weighted by molar-refractivity contribution is 0.0547. The van der Waals surface area contributed by atoms with Gasteiger partial charge in [-0.05, 0) is 36.8 Å². The van der Waals surface area contributed by atoms with Crippen LogP contribution < -0.4 is 21.7 Å². The maximum Gasteiger partial charge on any atom is 0.229 e. The first-order valence-electron chi connectivity index (χ1n) is 11.9. The Kier molecular flexibility index (Phi) is 9.05. The normalized spacial score (nSPS) is 19.4. The molecule has 2 aromatic rings. The number of anilines is 3. The first-order valence-corrected chi connectivity index (χ1v) is 11.9. The Hall–Kier alpha value is -2.53. The lowest BCUT2D eigenvalue weighted by atomic mass is 10.1. The van der Waals surface area contributed by atoms with Gasteiger partial charge in [-0.2, -0.15) is 15.0 Å². The second-order valence-electron chi connectivity index (χ2n) is 8.20. The van der Waals surface area contributed by atoms with E-state index < -0.39 is 0 Å². The molecule has 2 atom stereocenters. The Bertz CT molecular complexity index is 864. The van der Waals surface area contributed by atoms with E-state index in [1.807, 2.05) is 0 Å². The number of nitrogens with one attached hydrogen (secondary N) is 3. The van der Waals surface area contributed by atoms with Gasteiger partial charge in [0.15, 0.2) is 0 Å². The van der Waals surface area contributed by atoms with Crippen LogP contribution in [0.25, 0.3) is 0 Å². The van der Waals surface area contributed by atoms with E-state index in [2.05, 4.69) is 55.2 Å². The number of aromatic nitrogens is 3. The smallest absolute Gasteiger partial charge is 0.229 e. The quantitative estimate of drug-likeness (QED) is 0.313. The minimum Gasteiger partial charge on any atom is -0.378 e. The summed E-state index contributed by atoms with van der Waals surface area (Å²) in [6.07, 6.45) is 4.43. The van der Waals surface area contributed by atoms with E-state index in [0.29, 0.717) is 63.9 Å². The monoisotopic (exact) mass is 457 g/mol. The minimum atomic E-state index is 0.194. The average molecular weight is 458 g/mol. The molecule has 1 aromatic heterocycles. The van der Waals surface area contributed by atoms with Gasteiger partial charge in [-0.3, -0.25) is 0 Å². The van der Waals surface area contributed by atoms with Crippen LogP contribution in [0.4, 0.5) is 17.8 Å². The van der Waals surface area contributed by atoms with E-state index in [0.717, 1.165) is 32.3 Å². The van der Waals surface area contributed by atoms with Crippen LogP contribution in [0, 0.1) is 0 Å². The summed E-state index contributed by atoms with van der Waals surface area (Å²) in [5, 5.41) is 10.1. The number of nitrogens with zero attached hydrogens (tertiary/aromatic N) is 3. The van der Waals surface area contributed by atoms with Gasteiger partial charge < -0.3 is 35.9 Å². The molecule has 1 aliphatic carbocycles. The highest BCUT2D eigenvalue weighted by Crippen LogP contribution is 2.33. The average Bonchev–Trinajstić information content (AvgIpc) is 3.50. The molecule has 2 unspecified atom stereocenters. The second kappa shape index (κ2) is 12.6. The number of hydrogen-bond donors (Lipinski definition) is 4. The molecule has 10 heteroatoms. The molecule has 4 rings (SSSR count). The maximum atomic E-state index is 5.71. The summed E-state index contributed by atoms with van der Waals surface area (Å²) in [7, 11) is 0. The number of fused-ring (bicyclic) bond motifs is 1. The fourth-order valence-corrected chi connectivity index (χ4v) is 4.11. The fraction of sp³-hybridized carbons (Fsp3) is 0.609. The molecule has 2 aliphatic rings. The molecule has 0 amide bonds. The van der Waals surface area contributed by atoms with E-state index in [1.54, 1.807) is 0 Å². The van der Waals surface area contributed by atoms with Crippen LogP contribution in [-0.2, 0) is 20.6 Å². The van der Waals surface area contributed by atoms with E-state index in [-0.39, 0.29) is 12.1 Å². The topological polar surface area (TPSA) is 128 Å². The SMILES string of the molecule is NCCOCCOCCNc1nc(NCC2CCCO2)nc(NC2CCc3ccccc32)n1. The van der Waals surface area contributed by atoms with Gasteiger partial charge in [0.25, 0.3) is 0 Å². The summed E-state index contributed by atoms with van der Waals surface area (Å²) in [6.45, 7) is 4.75. The predicted molar refractivity (Wildman–Crippen MR) is 128 cm³/mol. The van der Waals surface area contributed by atoms with E-state index >= 15 is 0 Å². The molecule has 2 heterocycles. The van der Waals surface area contributed by atoms with Crippen molar-refractivity contribution in [1.29, 1.82) is 0 Å². The number of rotatable bonds is 14. The third-order valence-electron chi connectivity index (χ3n) is 5.75. The van der Waals surface area contributed by atoms with Crippen molar-refractivity contribution in [2.24, 2.45) is 5.73 Å². The standard InChI is InChI=1S/C23H35N7O3/c24-9-12-31-14-15-32-13-10-25-21-28-22(26-16-18-5-3-11-33-18)30-23(29-21)27-20-8-7-17-4-1-2-6-19(17)20/h1-2,4,6,18,20H,3,5,7-16,24H2,(H3,25,26,27,28,29,30). The molecule has 1 aromatic carbocycles. The summed E-state index contributed by atoms with van der Waals surface area (Å²) in [4.78, 5) is 13.8. The third kappa shape index (κ3) is 7.23. The summed E-state index contributed by atoms with van der Waals surface area (Å²) < 4.78 is 16.6. The van der Waals surface area contributed by atoms with E-state index in [9.17, 15) is 0 Å². The lowest BCUT2D eigenvalue weighted by Gasteiger charge is -2.17. The highest BCUT2D eigenvalue weighted by Gasteiger charge is 2.23. The molecule has 1 saturated heterocycles. The zero-order chi connectivity index (χ0) is 22.7. The Morgan fingerprint density at radius 1 is 0.939 bits per heavy atom. The minimum absolute atomic E-state index is 0.194. The molecule has 180 valence electrons. The Balaban J connectivity index is 1.34. The summed E-state index contributed by atoms with van der Waals surface area (Å²) in [6, 6.07) is 8.72. The molecule has 1 fully saturated rings. The Morgan fingerprint density at radius 3 is 2.55 bits per heavy atom. The second-order valence-corrected chi connectivity index (χ2v) is 8.20. The maximum absolute atomic E-state index is 5.71. The zero-order valence-electron chi connectivity index (χ0n) is 19.1. The molecule has 33 heavy (non-hydrogen) atoms. The van der Waals surface area contributed by atoms with Gasteiger partial charge >= 0.3 is 0 Å². The summed E-state index contributed by atoms with van der Waals surface area (Å²) in [5.74, 6) is 1.60. The number of hydrogen-bond acceptors (Lipinski definition) is 10. The van der Waals surface area contributed by atoms with Crippen molar-refractivity contribution in [2.75, 3.05) is 68.6 Å². The van der Waals surface area contributed by atoms with Gasteiger partial charge in [0.2, 0.25) is 17.8 Å². The van der Waals surface area contributed by atoms with Crippen molar-refractivity contribution in [3.8, 4) is 0 Å². The number of benzene rings is 1. The fourth-order valence-electron chi connectivity index (χ4n) is 4.11. The van der Waals surface area contributed by atoms with E-state index in [4.69, 9.17) is 19.9 Å². The molecule has 0 bridgehead atoms. The van der Waals surface area contributed by atoms with Gasteiger partial charge in [0.1, 0.15) is 0 Å². The van der Waals surface area contributed by atoms with Gasteiger partial charge in [0.05, 0.1) is 38.6 Å². The van der Waals surface area contributed by atoms with Crippen molar-refractivity contribution in [1.82, 2.24) is 15.0 Å². The molecular formula is C23H35N7O3. The highest BCUT2D eigenvalue weighted by molar-refractivity contribution is 5.46. The summed E-state index contributed by atoms with van der Waals surface area (Å²) >= 11 is 0. The van der Waals surface area contributed by atoms with Gasteiger partial charge in [-0.15, -0.1) is 0 Å². The van der Waals surface area contributed by atoms with Crippen LogP contribution in [0.15, 0.2) is 24.3 Å². The zero-order valence-corrected chi connectivity index (χ0v) is 19.1. The van der Waals surface area contributed by atoms with Crippen molar-refractivity contribution >= 4 is 17.8 Å². The molecular weight excluding hydrogens is 422 g/mol. The third-order valence-corrected chi connectivity index (χ3v) is 5.75.